The molecule has 4 heteroatoms. The predicted octanol–water partition coefficient (Wildman–Crippen LogP) is 14.2. The quantitative estimate of drug-likeness (QED) is 0.158. The highest BCUT2D eigenvalue weighted by atomic mass is 15.2. The number of benzene rings is 5. The highest BCUT2D eigenvalue weighted by Crippen LogP contribution is 2.54. The third-order valence-corrected chi connectivity index (χ3v) is 13.9. The highest BCUT2D eigenvalue weighted by Gasteiger charge is 2.43. The number of hydrogen-bond acceptors (Lipinski definition) is 3. The maximum absolute atomic E-state index is 5.18. The minimum atomic E-state index is 0.330. The largest absolute Gasteiger partial charge is 0.337 e. The zero-order chi connectivity index (χ0) is 39.1. The SMILES string of the molecule is C1=CC(c2cc(-c3ccc(N4c5ccccc5C5CCC(/C6=C/c7c(n(-c8ccccc8)c8ccccc78)CCCCC6)CC54)cc3)nc(-c3ccccc3)n2)CCC1. The normalized spacial score (nSPS) is 22.4. The number of para-hydroxylation sites is 3. The van der Waals surface area contributed by atoms with E-state index in [1.165, 1.54) is 96.2 Å². The van der Waals surface area contributed by atoms with Crippen molar-refractivity contribution in [3.8, 4) is 28.3 Å². The molecule has 4 atom stereocenters. The molecule has 11 rings (SSSR count). The van der Waals surface area contributed by atoms with Crippen LogP contribution in [0.1, 0.15) is 98.6 Å². The average molecular weight is 769 g/mol. The number of fused-ring (bicyclic) bond motifs is 6. The van der Waals surface area contributed by atoms with Gasteiger partial charge in [-0.2, -0.15) is 0 Å². The maximum atomic E-state index is 5.18. The Bertz CT molecular complexity index is 2670. The minimum Gasteiger partial charge on any atom is -0.337 e. The lowest BCUT2D eigenvalue weighted by Crippen LogP contribution is -2.36. The van der Waals surface area contributed by atoms with Crippen molar-refractivity contribution in [1.82, 2.24) is 14.5 Å². The fourth-order valence-electron chi connectivity index (χ4n) is 11.0. The summed E-state index contributed by atoms with van der Waals surface area (Å²) in [5.74, 6) is 2.23. The Hall–Kier alpha value is -6.00. The molecule has 0 radical (unpaired) electrons. The minimum absolute atomic E-state index is 0.330. The van der Waals surface area contributed by atoms with Crippen molar-refractivity contribution in [2.75, 3.05) is 4.90 Å². The van der Waals surface area contributed by atoms with Gasteiger partial charge in [-0.15, -0.1) is 0 Å². The second kappa shape index (κ2) is 15.6. The number of rotatable bonds is 6. The van der Waals surface area contributed by atoms with E-state index >= 15 is 0 Å². The van der Waals surface area contributed by atoms with Crippen LogP contribution in [0, 0.1) is 5.92 Å². The monoisotopic (exact) mass is 768 g/mol. The molecular weight excluding hydrogens is 717 g/mol. The summed E-state index contributed by atoms with van der Waals surface area (Å²) in [5.41, 5.74) is 15.7. The number of allylic oxidation sites excluding steroid dienone is 3. The lowest BCUT2D eigenvalue weighted by atomic mass is 9.73. The van der Waals surface area contributed by atoms with Crippen LogP contribution in [-0.2, 0) is 6.42 Å². The van der Waals surface area contributed by atoms with Crippen LogP contribution in [0.2, 0.25) is 0 Å². The van der Waals surface area contributed by atoms with Crippen LogP contribution in [-0.4, -0.2) is 20.6 Å². The summed E-state index contributed by atoms with van der Waals surface area (Å²) in [6.07, 6.45) is 20.5. The van der Waals surface area contributed by atoms with Crippen LogP contribution in [0.3, 0.4) is 0 Å². The molecule has 59 heavy (non-hydrogen) atoms. The Balaban J connectivity index is 0.944. The van der Waals surface area contributed by atoms with Gasteiger partial charge in [0.2, 0.25) is 0 Å². The van der Waals surface area contributed by atoms with E-state index in [9.17, 15) is 0 Å². The van der Waals surface area contributed by atoms with Gasteiger partial charge in [0.25, 0.3) is 0 Å². The molecule has 0 spiro atoms. The van der Waals surface area contributed by atoms with E-state index in [4.69, 9.17) is 9.97 Å². The number of nitrogens with zero attached hydrogens (tertiary/aromatic N) is 4. The summed E-state index contributed by atoms with van der Waals surface area (Å²) in [6, 6.07) is 51.8. The van der Waals surface area contributed by atoms with Crippen molar-refractivity contribution in [3.05, 3.63) is 180 Å². The van der Waals surface area contributed by atoms with Gasteiger partial charge in [-0.1, -0.05) is 127 Å². The summed E-state index contributed by atoms with van der Waals surface area (Å²) >= 11 is 0. The zero-order valence-electron chi connectivity index (χ0n) is 33.9. The molecule has 1 aliphatic heterocycles. The van der Waals surface area contributed by atoms with Gasteiger partial charge >= 0.3 is 0 Å². The third kappa shape index (κ3) is 6.73. The van der Waals surface area contributed by atoms with E-state index in [0.29, 0.717) is 23.8 Å². The second-order valence-corrected chi connectivity index (χ2v) is 17.3. The lowest BCUT2D eigenvalue weighted by Gasteiger charge is -2.38. The highest BCUT2D eigenvalue weighted by molar-refractivity contribution is 5.93. The summed E-state index contributed by atoms with van der Waals surface area (Å²) in [6.45, 7) is 0. The Morgan fingerprint density at radius 2 is 1.39 bits per heavy atom. The fourth-order valence-corrected chi connectivity index (χ4v) is 11.0. The van der Waals surface area contributed by atoms with Gasteiger partial charge < -0.3 is 9.47 Å². The van der Waals surface area contributed by atoms with Gasteiger partial charge in [0.05, 0.1) is 16.9 Å². The standard InChI is InChI=1S/C55H52N4/c1-5-17-38(18-6-1)49-37-50(57-55(56-49)40-19-7-2-8-20-40)39-29-32-44(33-30-39)59-51-27-15-13-24-45(51)47-34-31-42(36-54(47)59)41-21-9-3-12-26-53-48(35-41)46-25-14-16-28-52(46)58(53)43-22-10-4-11-23-43/h2,4-5,7-8,10-11,13-17,19-20,22-25,27-30,32-33,35,37-38,42,47,54H,1,3,6,9,12,18,21,26,31,34,36H2/b41-35+. The lowest BCUT2D eigenvalue weighted by molar-refractivity contribution is 0.326. The number of hydrogen-bond donors (Lipinski definition) is 0. The molecule has 3 aliphatic carbocycles. The van der Waals surface area contributed by atoms with Gasteiger partial charge in [-0.25, -0.2) is 9.97 Å². The van der Waals surface area contributed by atoms with Gasteiger partial charge in [0, 0.05) is 62.7 Å². The van der Waals surface area contributed by atoms with E-state index in [0.717, 1.165) is 47.6 Å². The van der Waals surface area contributed by atoms with Crippen LogP contribution in [0.4, 0.5) is 11.4 Å². The molecule has 7 aromatic rings. The molecule has 4 unspecified atom stereocenters. The Labute approximate surface area is 349 Å². The molecule has 2 aromatic heterocycles. The first-order valence-electron chi connectivity index (χ1n) is 22.2. The van der Waals surface area contributed by atoms with Crippen molar-refractivity contribution in [1.29, 1.82) is 0 Å². The summed E-state index contributed by atoms with van der Waals surface area (Å²) in [7, 11) is 0. The van der Waals surface area contributed by atoms with E-state index in [2.05, 4.69) is 167 Å². The molecule has 1 fully saturated rings. The Kier molecular flexibility index (Phi) is 9.57. The van der Waals surface area contributed by atoms with Crippen molar-refractivity contribution < 1.29 is 0 Å². The van der Waals surface area contributed by atoms with Crippen molar-refractivity contribution in [3.63, 3.8) is 0 Å². The molecule has 5 aromatic carbocycles. The van der Waals surface area contributed by atoms with Crippen LogP contribution in [0.25, 0.3) is 45.3 Å². The molecule has 4 nitrogen and oxygen atoms in total. The Morgan fingerprint density at radius 1 is 0.610 bits per heavy atom. The van der Waals surface area contributed by atoms with Crippen LogP contribution in [0.5, 0.6) is 0 Å². The van der Waals surface area contributed by atoms with E-state index in [1.54, 1.807) is 5.57 Å². The van der Waals surface area contributed by atoms with Crippen molar-refractivity contribution >= 4 is 28.4 Å². The third-order valence-electron chi connectivity index (χ3n) is 13.9. The second-order valence-electron chi connectivity index (χ2n) is 17.3. The van der Waals surface area contributed by atoms with E-state index < -0.39 is 0 Å². The first-order chi connectivity index (χ1) is 29.3. The predicted molar refractivity (Wildman–Crippen MR) is 245 cm³/mol. The molecule has 0 bridgehead atoms. The summed E-state index contributed by atoms with van der Waals surface area (Å²) in [5, 5.41) is 1.39. The van der Waals surface area contributed by atoms with Crippen LogP contribution < -0.4 is 4.90 Å². The van der Waals surface area contributed by atoms with Crippen molar-refractivity contribution in [2.45, 2.75) is 88.5 Å². The summed E-state index contributed by atoms with van der Waals surface area (Å²) < 4.78 is 2.55. The van der Waals surface area contributed by atoms with Crippen molar-refractivity contribution in [2.24, 2.45) is 5.92 Å². The smallest absolute Gasteiger partial charge is 0.160 e. The van der Waals surface area contributed by atoms with Gasteiger partial charge in [0.15, 0.2) is 5.82 Å². The number of anilines is 2. The molecule has 4 aliphatic rings. The molecule has 292 valence electrons. The summed E-state index contributed by atoms with van der Waals surface area (Å²) in [4.78, 5) is 13.0. The first kappa shape index (κ1) is 36.1. The van der Waals surface area contributed by atoms with Gasteiger partial charge in [0.1, 0.15) is 0 Å². The molecule has 0 amide bonds. The van der Waals surface area contributed by atoms with Gasteiger partial charge in [-0.3, -0.25) is 0 Å². The first-order valence-corrected chi connectivity index (χ1v) is 22.2. The van der Waals surface area contributed by atoms with Crippen LogP contribution in [0.15, 0.2) is 157 Å². The topological polar surface area (TPSA) is 34.0 Å². The molecule has 0 saturated heterocycles. The molecule has 0 N–H and O–H groups in total. The zero-order valence-corrected chi connectivity index (χ0v) is 33.9. The molecular formula is C55H52N4. The molecule has 3 heterocycles. The molecule has 1 saturated carbocycles. The fraction of sp³-hybridized carbons (Fsp3) is 0.273. The van der Waals surface area contributed by atoms with E-state index in [-0.39, 0.29) is 0 Å². The average Bonchev–Trinajstić information content (AvgIpc) is 3.83. The maximum Gasteiger partial charge on any atom is 0.160 e. The van der Waals surface area contributed by atoms with E-state index in [1.807, 2.05) is 0 Å². The van der Waals surface area contributed by atoms with Gasteiger partial charge in [-0.05, 0) is 118 Å². The number of aromatic nitrogens is 3. The van der Waals surface area contributed by atoms with Crippen LogP contribution >= 0.6 is 0 Å². The Morgan fingerprint density at radius 3 is 2.24 bits per heavy atom.